The number of carboxylic acid groups (broad SMARTS) is 1. The van der Waals surface area contributed by atoms with E-state index in [1.807, 2.05) is 0 Å². The Bertz CT molecular complexity index is 250. The topological polar surface area (TPSA) is 60.9 Å². The van der Waals surface area contributed by atoms with Gasteiger partial charge in [0.05, 0.1) is 0 Å². The number of nitrogens with zero attached hydrogens (tertiary/aromatic N) is 2. The van der Waals surface area contributed by atoms with Gasteiger partial charge in [-0.1, -0.05) is 0 Å². The number of carboxylic acids is 1. The molecule has 0 aromatic heterocycles. The van der Waals surface area contributed by atoms with Gasteiger partial charge in [-0.15, -0.1) is 0 Å². The lowest BCUT2D eigenvalue weighted by Gasteiger charge is -2.26. The molecule has 0 unspecified atom stereocenters. The molecule has 72 valence electrons. The van der Waals surface area contributed by atoms with Gasteiger partial charge in [-0.3, -0.25) is 14.6 Å². The molecule has 0 bridgehead atoms. The summed E-state index contributed by atoms with van der Waals surface area (Å²) < 4.78 is 0. The van der Waals surface area contributed by atoms with Crippen LogP contribution >= 0.6 is 0 Å². The number of carbonyl (C=O) groups excluding carboxylic acids is 1. The van der Waals surface area contributed by atoms with Gasteiger partial charge in [0.25, 0.3) is 0 Å². The second-order valence-corrected chi connectivity index (χ2v) is 3.50. The maximum Gasteiger partial charge on any atom is 0.319 e. The minimum Gasteiger partial charge on any atom is -0.480 e. The van der Waals surface area contributed by atoms with Crippen LogP contribution in [-0.2, 0) is 9.59 Å². The minimum absolute atomic E-state index is 0.0533. The zero-order chi connectivity index (χ0) is 9.42. The fourth-order valence-corrected chi connectivity index (χ4v) is 1.67. The van der Waals surface area contributed by atoms with Crippen molar-refractivity contribution in [3.05, 3.63) is 0 Å². The lowest BCUT2D eigenvalue weighted by molar-refractivity contribution is -0.148. The predicted octanol–water partition coefficient (Wildman–Crippen LogP) is -0.317. The molecule has 1 saturated heterocycles. The van der Waals surface area contributed by atoms with Crippen LogP contribution in [0.15, 0.2) is 0 Å². The van der Waals surface area contributed by atoms with Crippen LogP contribution in [0.1, 0.15) is 19.3 Å². The number of hydrazine groups is 1. The molecule has 0 atom stereocenters. The Morgan fingerprint density at radius 2 is 2.23 bits per heavy atom. The number of hydrogen-bond acceptors (Lipinski definition) is 3. The molecule has 5 nitrogen and oxygen atoms in total. The lowest BCUT2D eigenvalue weighted by atomic mass is 10.4. The van der Waals surface area contributed by atoms with Crippen molar-refractivity contribution in [2.75, 3.05) is 13.1 Å². The van der Waals surface area contributed by atoms with Crippen molar-refractivity contribution < 1.29 is 14.7 Å². The molecule has 1 saturated carbocycles. The van der Waals surface area contributed by atoms with E-state index in [1.165, 1.54) is 0 Å². The molecule has 2 aliphatic rings. The van der Waals surface area contributed by atoms with Gasteiger partial charge in [-0.2, -0.15) is 0 Å². The summed E-state index contributed by atoms with van der Waals surface area (Å²) in [4.78, 5) is 21.8. The van der Waals surface area contributed by atoms with Gasteiger partial charge in [0.1, 0.15) is 6.54 Å². The van der Waals surface area contributed by atoms with Crippen molar-refractivity contribution in [3.63, 3.8) is 0 Å². The van der Waals surface area contributed by atoms with Crippen LogP contribution < -0.4 is 0 Å². The summed E-state index contributed by atoms with van der Waals surface area (Å²) >= 11 is 0. The minimum atomic E-state index is -0.875. The molecule has 0 spiro atoms. The second kappa shape index (κ2) is 2.99. The van der Waals surface area contributed by atoms with Gasteiger partial charge in [0.15, 0.2) is 0 Å². The Morgan fingerprint density at radius 3 is 2.77 bits per heavy atom. The summed E-state index contributed by atoms with van der Waals surface area (Å²) in [5.74, 6) is -0.802. The molecule has 13 heavy (non-hydrogen) atoms. The highest BCUT2D eigenvalue weighted by Gasteiger charge is 2.40. The SMILES string of the molecule is O=C(O)CN1CCC(=O)N1C1CC1. The van der Waals surface area contributed by atoms with E-state index in [1.54, 1.807) is 10.0 Å². The summed E-state index contributed by atoms with van der Waals surface area (Å²) in [5, 5.41) is 11.9. The standard InChI is InChI=1S/C8H12N2O3/c11-7-3-4-9(5-8(12)13)10(7)6-1-2-6/h6H,1-5H2,(H,12,13). The van der Waals surface area contributed by atoms with Crippen LogP contribution in [0.2, 0.25) is 0 Å². The third kappa shape index (κ3) is 1.65. The van der Waals surface area contributed by atoms with E-state index in [4.69, 9.17) is 5.11 Å². The molecular weight excluding hydrogens is 172 g/mol. The molecule has 0 aromatic rings. The van der Waals surface area contributed by atoms with E-state index < -0.39 is 5.97 Å². The van der Waals surface area contributed by atoms with Crippen LogP contribution in [0.5, 0.6) is 0 Å². The summed E-state index contributed by atoms with van der Waals surface area (Å²) in [6.45, 7) is 0.504. The monoisotopic (exact) mass is 184 g/mol. The molecule has 0 aromatic carbocycles. The first-order chi connectivity index (χ1) is 6.18. The van der Waals surface area contributed by atoms with E-state index in [0.29, 0.717) is 13.0 Å². The smallest absolute Gasteiger partial charge is 0.319 e. The third-order valence-electron chi connectivity index (χ3n) is 2.35. The molecule has 1 heterocycles. The van der Waals surface area contributed by atoms with Gasteiger partial charge in [0.2, 0.25) is 5.91 Å². The average Bonchev–Trinajstić information content (AvgIpc) is 2.79. The molecule has 1 aliphatic carbocycles. The van der Waals surface area contributed by atoms with Crippen LogP contribution in [0.25, 0.3) is 0 Å². The highest BCUT2D eigenvalue weighted by molar-refractivity contribution is 5.79. The summed E-state index contributed by atoms with van der Waals surface area (Å²) in [6.07, 6.45) is 2.49. The highest BCUT2D eigenvalue weighted by atomic mass is 16.4. The van der Waals surface area contributed by atoms with Crippen LogP contribution in [0.3, 0.4) is 0 Å². The summed E-state index contributed by atoms with van der Waals surface area (Å²) in [7, 11) is 0. The number of carbonyl (C=O) groups is 2. The van der Waals surface area contributed by atoms with Crippen LogP contribution in [0, 0.1) is 0 Å². The Kier molecular flexibility index (Phi) is 1.95. The van der Waals surface area contributed by atoms with E-state index in [-0.39, 0.29) is 18.5 Å². The Hall–Kier alpha value is -1.10. The highest BCUT2D eigenvalue weighted by Crippen LogP contribution is 2.31. The lowest BCUT2D eigenvalue weighted by Crippen LogP contribution is -2.43. The van der Waals surface area contributed by atoms with Gasteiger partial charge >= 0.3 is 5.97 Å². The fourth-order valence-electron chi connectivity index (χ4n) is 1.67. The van der Waals surface area contributed by atoms with Crippen molar-refractivity contribution >= 4 is 11.9 Å². The first-order valence-electron chi connectivity index (χ1n) is 4.47. The zero-order valence-corrected chi connectivity index (χ0v) is 7.27. The quantitative estimate of drug-likeness (QED) is 0.653. The normalized spacial score (nSPS) is 24.0. The molecular formula is C8H12N2O3. The Labute approximate surface area is 75.9 Å². The van der Waals surface area contributed by atoms with E-state index >= 15 is 0 Å². The van der Waals surface area contributed by atoms with Gasteiger partial charge in [-0.25, -0.2) is 5.01 Å². The molecule has 2 fully saturated rings. The third-order valence-corrected chi connectivity index (χ3v) is 2.35. The number of amides is 1. The molecule has 1 amide bonds. The zero-order valence-electron chi connectivity index (χ0n) is 7.27. The van der Waals surface area contributed by atoms with E-state index in [2.05, 4.69) is 0 Å². The van der Waals surface area contributed by atoms with Crippen molar-refractivity contribution in [1.29, 1.82) is 0 Å². The fraction of sp³-hybridized carbons (Fsp3) is 0.750. The number of rotatable bonds is 3. The first-order valence-corrected chi connectivity index (χ1v) is 4.47. The largest absolute Gasteiger partial charge is 0.480 e. The second-order valence-electron chi connectivity index (χ2n) is 3.50. The molecule has 5 heteroatoms. The number of hydrogen-bond donors (Lipinski definition) is 1. The summed E-state index contributed by atoms with van der Waals surface area (Å²) in [5.41, 5.74) is 0. The Balaban J connectivity index is 2.01. The van der Waals surface area contributed by atoms with Crippen LogP contribution in [-0.4, -0.2) is 46.1 Å². The molecule has 1 N–H and O–H groups in total. The van der Waals surface area contributed by atoms with Gasteiger partial charge in [0, 0.05) is 19.0 Å². The maximum absolute atomic E-state index is 11.3. The molecule has 0 radical (unpaired) electrons. The van der Waals surface area contributed by atoms with Gasteiger partial charge < -0.3 is 5.11 Å². The summed E-state index contributed by atoms with van der Waals surface area (Å²) in [6, 6.07) is 0.286. The van der Waals surface area contributed by atoms with Gasteiger partial charge in [-0.05, 0) is 12.8 Å². The average molecular weight is 184 g/mol. The molecule has 2 rings (SSSR count). The van der Waals surface area contributed by atoms with Crippen molar-refractivity contribution in [1.82, 2.24) is 10.0 Å². The predicted molar refractivity (Wildman–Crippen MR) is 43.7 cm³/mol. The van der Waals surface area contributed by atoms with Crippen molar-refractivity contribution in [2.24, 2.45) is 0 Å². The number of aliphatic carboxylic acids is 1. The van der Waals surface area contributed by atoms with Crippen molar-refractivity contribution in [3.8, 4) is 0 Å². The maximum atomic E-state index is 11.3. The van der Waals surface area contributed by atoms with Crippen LogP contribution in [0.4, 0.5) is 0 Å². The van der Waals surface area contributed by atoms with E-state index in [0.717, 1.165) is 12.8 Å². The van der Waals surface area contributed by atoms with E-state index in [9.17, 15) is 9.59 Å². The molecule has 1 aliphatic heterocycles. The Morgan fingerprint density at radius 1 is 1.54 bits per heavy atom. The van der Waals surface area contributed by atoms with Crippen molar-refractivity contribution in [2.45, 2.75) is 25.3 Å². The first kappa shape index (κ1) is 8.50.